The van der Waals surface area contributed by atoms with E-state index in [4.69, 9.17) is 14.2 Å². The number of para-hydroxylation sites is 1. The van der Waals surface area contributed by atoms with Gasteiger partial charge < -0.3 is 24.4 Å². The number of hydrogen-bond acceptors (Lipinski definition) is 5. The molecule has 0 saturated carbocycles. The van der Waals surface area contributed by atoms with Gasteiger partial charge in [-0.1, -0.05) is 30.9 Å². The Bertz CT molecular complexity index is 942. The molecule has 2 heterocycles. The molecule has 1 amide bonds. The summed E-state index contributed by atoms with van der Waals surface area (Å²) in [7, 11) is 3.07. The predicted octanol–water partition coefficient (Wildman–Crippen LogP) is 4.68. The number of likely N-dealkylation sites (tertiary alicyclic amines) is 1. The molecular weight excluding hydrogens is 368 g/mol. The lowest BCUT2D eigenvalue weighted by molar-refractivity contribution is 0.00739. The van der Waals surface area contributed by atoms with Crippen LogP contribution in [0.4, 0.5) is 10.5 Å². The van der Waals surface area contributed by atoms with E-state index in [2.05, 4.69) is 24.0 Å². The molecule has 1 N–H and O–H groups in total. The molecule has 2 aliphatic heterocycles. The Morgan fingerprint density at radius 2 is 2.03 bits per heavy atom. The highest BCUT2D eigenvalue weighted by molar-refractivity contribution is 5.85. The van der Waals surface area contributed by atoms with Crippen molar-refractivity contribution in [3.63, 3.8) is 0 Å². The molecule has 2 aromatic carbocycles. The van der Waals surface area contributed by atoms with Gasteiger partial charge in [0.15, 0.2) is 6.23 Å². The maximum atomic E-state index is 12.0. The monoisotopic (exact) mass is 394 g/mol. The van der Waals surface area contributed by atoms with Gasteiger partial charge in [0.25, 0.3) is 0 Å². The third kappa shape index (κ3) is 3.44. The molecule has 0 radical (unpaired) electrons. The number of hydrogen-bond donors (Lipinski definition) is 1. The summed E-state index contributed by atoms with van der Waals surface area (Å²) in [6, 6.07) is 12.3. The number of anilines is 1. The molecule has 1 unspecified atom stereocenters. The molecule has 1 saturated heterocycles. The van der Waals surface area contributed by atoms with Crippen molar-refractivity contribution >= 4 is 17.9 Å². The van der Waals surface area contributed by atoms with E-state index >= 15 is 0 Å². The summed E-state index contributed by atoms with van der Waals surface area (Å²) < 4.78 is 16.9. The summed E-state index contributed by atoms with van der Waals surface area (Å²) in [5.41, 5.74) is 5.13. The fourth-order valence-electron chi connectivity index (χ4n) is 4.22. The van der Waals surface area contributed by atoms with Gasteiger partial charge in [0.2, 0.25) is 0 Å². The highest BCUT2D eigenvalue weighted by atomic mass is 16.5. The molecule has 0 aromatic heterocycles. The summed E-state index contributed by atoms with van der Waals surface area (Å²) in [5, 5.41) is 3.51. The van der Waals surface area contributed by atoms with E-state index in [9.17, 15) is 4.79 Å². The van der Waals surface area contributed by atoms with Gasteiger partial charge >= 0.3 is 6.09 Å². The van der Waals surface area contributed by atoms with E-state index in [1.54, 1.807) is 18.1 Å². The topological polar surface area (TPSA) is 60.0 Å². The zero-order valence-corrected chi connectivity index (χ0v) is 17.0. The van der Waals surface area contributed by atoms with Gasteiger partial charge in [-0.25, -0.2) is 4.79 Å². The Morgan fingerprint density at radius 3 is 2.76 bits per heavy atom. The van der Waals surface area contributed by atoms with Crippen molar-refractivity contribution in [1.29, 1.82) is 0 Å². The van der Waals surface area contributed by atoms with Crippen LogP contribution in [0.2, 0.25) is 0 Å². The van der Waals surface area contributed by atoms with E-state index in [-0.39, 0.29) is 24.5 Å². The summed E-state index contributed by atoms with van der Waals surface area (Å²) >= 11 is 0. The third-order valence-corrected chi connectivity index (χ3v) is 5.68. The average molecular weight is 394 g/mol. The molecule has 0 bridgehead atoms. The quantitative estimate of drug-likeness (QED) is 0.816. The molecule has 0 spiro atoms. The molecule has 2 aliphatic rings. The van der Waals surface area contributed by atoms with Crippen LogP contribution in [-0.2, 0) is 9.47 Å². The molecule has 29 heavy (non-hydrogen) atoms. The van der Waals surface area contributed by atoms with Crippen molar-refractivity contribution in [1.82, 2.24) is 4.90 Å². The summed E-state index contributed by atoms with van der Waals surface area (Å²) in [6.07, 6.45) is 1.81. The first-order valence-electron chi connectivity index (χ1n) is 9.76. The van der Waals surface area contributed by atoms with Crippen molar-refractivity contribution in [2.75, 3.05) is 26.1 Å². The van der Waals surface area contributed by atoms with E-state index in [1.807, 2.05) is 31.2 Å². The maximum absolute atomic E-state index is 12.0. The number of carbonyl (C=O) groups excluding carboxylic acids is 1. The molecule has 1 fully saturated rings. The van der Waals surface area contributed by atoms with Gasteiger partial charge in [-0.05, 0) is 37.1 Å². The number of fused-ring (bicyclic) bond motifs is 3. The van der Waals surface area contributed by atoms with Gasteiger partial charge in [-0.2, -0.15) is 0 Å². The lowest BCUT2D eigenvalue weighted by Crippen LogP contribution is -2.34. The Balaban J connectivity index is 1.68. The van der Waals surface area contributed by atoms with Gasteiger partial charge in [0.05, 0.1) is 26.9 Å². The van der Waals surface area contributed by atoms with Gasteiger partial charge in [-0.3, -0.25) is 0 Å². The number of nitrogens with zero attached hydrogens (tertiary/aromatic N) is 1. The normalized spacial score (nSPS) is 22.3. The summed E-state index contributed by atoms with van der Waals surface area (Å²) in [6.45, 7) is 6.43. The second-order valence-electron chi connectivity index (χ2n) is 7.42. The second kappa shape index (κ2) is 7.79. The Morgan fingerprint density at radius 1 is 1.24 bits per heavy atom. The van der Waals surface area contributed by atoms with E-state index in [0.717, 1.165) is 40.1 Å². The number of nitrogens with one attached hydrogen (secondary N) is 1. The SMILES string of the molecule is C=Cc1cc2c(cc1OC)-c1ccccc1NC2O[C@@H]1C[C@@H](C)N(C(=O)OC)C1. The first-order chi connectivity index (χ1) is 14.0. The number of rotatable bonds is 4. The lowest BCUT2D eigenvalue weighted by atomic mass is 9.91. The number of ether oxygens (including phenoxy) is 3. The zero-order chi connectivity index (χ0) is 20.5. The fourth-order valence-corrected chi connectivity index (χ4v) is 4.22. The molecular formula is C23H26N2O4. The number of methoxy groups -OCH3 is 2. The van der Waals surface area contributed by atoms with E-state index in [0.29, 0.717) is 6.54 Å². The van der Waals surface area contributed by atoms with Crippen molar-refractivity contribution in [2.45, 2.75) is 31.7 Å². The standard InChI is InChI=1S/C23H26N2O4/c1-5-15-11-19-18(12-21(15)27-3)17-8-6-7-9-20(17)24-22(19)29-16-10-14(2)25(13-16)23(26)28-4/h5-9,11-12,14,16,22,24H,1,10,13H2,2-4H3/t14-,16-,22?/m1/s1. The highest BCUT2D eigenvalue weighted by Crippen LogP contribution is 2.44. The zero-order valence-electron chi connectivity index (χ0n) is 17.0. The minimum absolute atomic E-state index is 0.0717. The highest BCUT2D eigenvalue weighted by Gasteiger charge is 2.36. The van der Waals surface area contributed by atoms with Crippen LogP contribution in [0.5, 0.6) is 5.75 Å². The van der Waals surface area contributed by atoms with Crippen LogP contribution in [0, 0.1) is 0 Å². The van der Waals surface area contributed by atoms with Crippen molar-refractivity contribution in [2.24, 2.45) is 0 Å². The van der Waals surface area contributed by atoms with Crippen LogP contribution in [0.1, 0.15) is 30.7 Å². The molecule has 6 heteroatoms. The minimum Gasteiger partial charge on any atom is -0.496 e. The first kappa shape index (κ1) is 19.3. The summed E-state index contributed by atoms with van der Waals surface area (Å²) in [4.78, 5) is 13.7. The molecule has 6 nitrogen and oxygen atoms in total. The molecule has 2 aromatic rings. The third-order valence-electron chi connectivity index (χ3n) is 5.68. The first-order valence-corrected chi connectivity index (χ1v) is 9.76. The molecule has 152 valence electrons. The van der Waals surface area contributed by atoms with Crippen molar-refractivity contribution in [3.8, 4) is 16.9 Å². The Labute approximate surface area is 171 Å². The number of carbonyl (C=O) groups is 1. The predicted molar refractivity (Wildman–Crippen MR) is 113 cm³/mol. The molecule has 0 aliphatic carbocycles. The van der Waals surface area contributed by atoms with Crippen LogP contribution in [0.3, 0.4) is 0 Å². The van der Waals surface area contributed by atoms with Crippen molar-refractivity contribution < 1.29 is 19.0 Å². The average Bonchev–Trinajstić information content (AvgIpc) is 3.12. The van der Waals surface area contributed by atoms with Crippen LogP contribution in [0.25, 0.3) is 17.2 Å². The smallest absolute Gasteiger partial charge is 0.409 e. The number of amides is 1. The van der Waals surface area contributed by atoms with Gasteiger partial charge in [0.1, 0.15) is 5.75 Å². The van der Waals surface area contributed by atoms with Crippen LogP contribution < -0.4 is 10.1 Å². The Hall–Kier alpha value is -2.99. The van der Waals surface area contributed by atoms with Crippen LogP contribution in [-0.4, -0.2) is 43.9 Å². The lowest BCUT2D eigenvalue weighted by Gasteiger charge is -2.32. The molecule has 3 atom stereocenters. The number of benzene rings is 2. The van der Waals surface area contributed by atoms with Crippen LogP contribution in [0.15, 0.2) is 43.0 Å². The van der Waals surface area contributed by atoms with Crippen LogP contribution >= 0.6 is 0 Å². The minimum atomic E-state index is -0.334. The Kier molecular flexibility index (Phi) is 5.20. The second-order valence-corrected chi connectivity index (χ2v) is 7.42. The van der Waals surface area contributed by atoms with Gasteiger partial charge in [-0.15, -0.1) is 0 Å². The summed E-state index contributed by atoms with van der Waals surface area (Å²) in [5.74, 6) is 0.778. The fraction of sp³-hybridized carbons (Fsp3) is 0.348. The van der Waals surface area contributed by atoms with Crippen molar-refractivity contribution in [3.05, 3.63) is 54.1 Å². The van der Waals surface area contributed by atoms with E-state index in [1.165, 1.54) is 7.11 Å². The largest absolute Gasteiger partial charge is 0.496 e. The van der Waals surface area contributed by atoms with E-state index < -0.39 is 0 Å². The van der Waals surface area contributed by atoms with Gasteiger partial charge in [0, 0.05) is 28.4 Å². The molecule has 4 rings (SSSR count). The maximum Gasteiger partial charge on any atom is 0.409 e.